The van der Waals surface area contributed by atoms with Gasteiger partial charge in [0.05, 0.1) is 10.7 Å². The van der Waals surface area contributed by atoms with E-state index in [4.69, 9.17) is 16.3 Å². The quantitative estimate of drug-likeness (QED) is 0.806. The van der Waals surface area contributed by atoms with E-state index >= 15 is 0 Å². The van der Waals surface area contributed by atoms with Gasteiger partial charge in [-0.05, 0) is 18.6 Å². The molecule has 1 N–H and O–H groups in total. The fourth-order valence-corrected chi connectivity index (χ4v) is 1.36. The number of anilines is 1. The third-order valence-electron chi connectivity index (χ3n) is 1.92. The summed E-state index contributed by atoms with van der Waals surface area (Å²) < 4.78 is 5.36. The highest BCUT2D eigenvalue weighted by Crippen LogP contribution is 2.34. The first-order valence-corrected chi connectivity index (χ1v) is 5.38. The zero-order chi connectivity index (χ0) is 12.0. The van der Waals surface area contributed by atoms with Crippen LogP contribution in [0.15, 0.2) is 18.2 Å². The Morgan fingerprint density at radius 2 is 2.31 bits per heavy atom. The number of carboxylic acid groups (broad SMARTS) is 1. The van der Waals surface area contributed by atoms with Gasteiger partial charge < -0.3 is 20.0 Å². The minimum atomic E-state index is -0.995. The smallest absolute Gasteiger partial charge is 0.161 e. The van der Waals surface area contributed by atoms with Crippen LogP contribution < -0.4 is 15.2 Å². The molecule has 16 heavy (non-hydrogen) atoms. The zero-order valence-corrected chi connectivity index (χ0v) is 9.71. The Balaban J connectivity index is 0.000000221. The van der Waals surface area contributed by atoms with Crippen LogP contribution in [0.1, 0.15) is 13.3 Å². The Bertz CT molecular complexity index is 368. The second-order valence-electron chi connectivity index (χ2n) is 3.12. The molecule has 88 valence electrons. The van der Waals surface area contributed by atoms with E-state index in [1.54, 1.807) is 0 Å². The summed E-state index contributed by atoms with van der Waals surface area (Å²) in [6, 6.07) is 5.69. The number of ether oxygens (including phenoxy) is 1. The number of hydrogen-bond acceptors (Lipinski definition) is 4. The number of halogens is 1. The van der Waals surface area contributed by atoms with Gasteiger partial charge in [0, 0.05) is 12.5 Å². The van der Waals surface area contributed by atoms with E-state index in [9.17, 15) is 9.90 Å². The molecule has 0 fully saturated rings. The molecule has 5 heteroatoms. The number of carboxylic acids is 1. The molecule has 0 saturated carbocycles. The lowest BCUT2D eigenvalue weighted by atomic mass is 10.2. The molecule has 0 atom stereocenters. The minimum Gasteiger partial charge on any atom is -0.550 e. The second-order valence-corrected chi connectivity index (χ2v) is 3.52. The molecule has 1 aliphatic rings. The number of nitrogens with one attached hydrogen (secondary N) is 1. The van der Waals surface area contributed by atoms with E-state index in [-0.39, 0.29) is 6.42 Å². The third-order valence-corrected chi connectivity index (χ3v) is 2.22. The van der Waals surface area contributed by atoms with E-state index in [1.165, 1.54) is 6.92 Å². The lowest BCUT2D eigenvalue weighted by molar-refractivity contribution is -0.305. The summed E-state index contributed by atoms with van der Waals surface area (Å²) in [4.78, 5) is 9.26. The lowest BCUT2D eigenvalue weighted by Crippen LogP contribution is -2.19. The average molecular weight is 243 g/mol. The zero-order valence-electron chi connectivity index (χ0n) is 8.96. The molecule has 0 spiro atoms. The van der Waals surface area contributed by atoms with E-state index in [0.717, 1.165) is 18.0 Å². The van der Waals surface area contributed by atoms with Gasteiger partial charge in [0.1, 0.15) is 6.61 Å². The van der Waals surface area contributed by atoms with Gasteiger partial charge in [0.15, 0.2) is 5.75 Å². The van der Waals surface area contributed by atoms with E-state index in [2.05, 4.69) is 5.32 Å². The topological polar surface area (TPSA) is 61.4 Å². The van der Waals surface area contributed by atoms with Gasteiger partial charge in [-0.25, -0.2) is 0 Å². The Morgan fingerprint density at radius 3 is 2.88 bits per heavy atom. The third kappa shape index (κ3) is 3.62. The van der Waals surface area contributed by atoms with Crippen molar-refractivity contribution < 1.29 is 14.6 Å². The molecule has 1 aromatic rings. The number of carbonyl (C=O) groups excluding carboxylic acids is 1. The highest BCUT2D eigenvalue weighted by Gasteiger charge is 2.11. The van der Waals surface area contributed by atoms with Crippen molar-refractivity contribution >= 4 is 23.3 Å². The maximum absolute atomic E-state index is 9.26. The molecule has 0 aliphatic carbocycles. The van der Waals surface area contributed by atoms with Crippen LogP contribution in [-0.2, 0) is 4.79 Å². The van der Waals surface area contributed by atoms with Crippen molar-refractivity contribution in [2.45, 2.75) is 13.3 Å². The lowest BCUT2D eigenvalue weighted by Gasteiger charge is -2.19. The summed E-state index contributed by atoms with van der Waals surface area (Å²) in [5, 5.41) is 13.1. The van der Waals surface area contributed by atoms with Gasteiger partial charge >= 0.3 is 0 Å². The van der Waals surface area contributed by atoms with Crippen molar-refractivity contribution in [3.63, 3.8) is 0 Å². The van der Waals surface area contributed by atoms with Crippen molar-refractivity contribution in [1.29, 1.82) is 0 Å². The molecule has 0 aromatic heterocycles. The predicted molar refractivity (Wildman–Crippen MR) is 60.7 cm³/mol. The monoisotopic (exact) mass is 242 g/mol. The summed E-state index contributed by atoms with van der Waals surface area (Å²) in [5.41, 5.74) is 0.990. The number of fused-ring (bicyclic) bond motifs is 1. The normalized spacial score (nSPS) is 12.4. The molecule has 2 rings (SSSR count). The van der Waals surface area contributed by atoms with Crippen molar-refractivity contribution in [1.82, 2.24) is 0 Å². The highest BCUT2D eigenvalue weighted by molar-refractivity contribution is 6.32. The first-order valence-electron chi connectivity index (χ1n) is 5.00. The summed E-state index contributed by atoms with van der Waals surface area (Å²) in [5.74, 6) is -0.217. The van der Waals surface area contributed by atoms with Crippen molar-refractivity contribution in [2.75, 3.05) is 18.5 Å². The number of rotatable bonds is 1. The van der Waals surface area contributed by atoms with Gasteiger partial charge in [0.2, 0.25) is 0 Å². The van der Waals surface area contributed by atoms with Crippen LogP contribution in [0.4, 0.5) is 5.69 Å². The molecule has 0 amide bonds. The summed E-state index contributed by atoms with van der Waals surface area (Å²) in [6.07, 6.45) is 0.111. The summed E-state index contributed by atoms with van der Waals surface area (Å²) in [7, 11) is 0. The first-order chi connectivity index (χ1) is 7.65. The number of carbonyl (C=O) groups is 1. The maximum atomic E-state index is 9.26. The van der Waals surface area contributed by atoms with Gasteiger partial charge in [-0.1, -0.05) is 24.6 Å². The van der Waals surface area contributed by atoms with Crippen LogP contribution in [0.3, 0.4) is 0 Å². The average Bonchev–Trinajstić information content (AvgIpc) is 2.30. The largest absolute Gasteiger partial charge is 0.550 e. The van der Waals surface area contributed by atoms with Crippen LogP contribution in [0.25, 0.3) is 0 Å². The van der Waals surface area contributed by atoms with Gasteiger partial charge in [-0.15, -0.1) is 0 Å². The Kier molecular flexibility index (Phi) is 4.92. The number of hydrogen-bond donors (Lipinski definition) is 1. The molecular formula is C11H13ClNO3-. The standard InChI is InChI=1S/C8H8ClNO.C3H6O2/c9-6-2-1-3-7-8(6)11-5-4-10-7;1-2-3(4)5/h1-3,10H,4-5H2;2H2,1H3,(H,4,5)/p-1. The fourth-order valence-electron chi connectivity index (χ4n) is 1.13. The highest BCUT2D eigenvalue weighted by atomic mass is 35.5. The Labute approximate surface area is 99.2 Å². The molecule has 1 heterocycles. The molecule has 1 aromatic carbocycles. The minimum absolute atomic E-state index is 0.111. The number of aliphatic carboxylic acids is 1. The maximum Gasteiger partial charge on any atom is 0.161 e. The van der Waals surface area contributed by atoms with E-state index < -0.39 is 5.97 Å². The van der Waals surface area contributed by atoms with Crippen LogP contribution in [0, 0.1) is 0 Å². The van der Waals surface area contributed by atoms with Gasteiger partial charge in [0.25, 0.3) is 0 Å². The molecular weight excluding hydrogens is 230 g/mol. The molecule has 4 nitrogen and oxygen atoms in total. The van der Waals surface area contributed by atoms with Crippen molar-refractivity contribution in [2.24, 2.45) is 0 Å². The van der Waals surface area contributed by atoms with Crippen molar-refractivity contribution in [3.05, 3.63) is 23.2 Å². The molecule has 0 bridgehead atoms. The van der Waals surface area contributed by atoms with Crippen molar-refractivity contribution in [3.8, 4) is 5.75 Å². The van der Waals surface area contributed by atoms with E-state index in [1.807, 2.05) is 18.2 Å². The van der Waals surface area contributed by atoms with Gasteiger partial charge in [-0.3, -0.25) is 0 Å². The Morgan fingerprint density at radius 1 is 1.62 bits per heavy atom. The number of benzene rings is 1. The molecule has 0 saturated heterocycles. The van der Waals surface area contributed by atoms with Crippen LogP contribution >= 0.6 is 11.6 Å². The number of para-hydroxylation sites is 1. The Hall–Kier alpha value is -1.42. The molecule has 0 radical (unpaired) electrons. The SMILES string of the molecule is CCC(=O)[O-].Clc1cccc2c1OCCN2. The molecule has 0 unspecified atom stereocenters. The first kappa shape index (κ1) is 12.6. The second kappa shape index (κ2) is 6.23. The van der Waals surface area contributed by atoms with Crippen LogP contribution in [-0.4, -0.2) is 19.1 Å². The summed E-state index contributed by atoms with van der Waals surface area (Å²) >= 11 is 5.88. The van der Waals surface area contributed by atoms with E-state index in [0.29, 0.717) is 11.6 Å². The van der Waals surface area contributed by atoms with Crippen LogP contribution in [0.2, 0.25) is 5.02 Å². The predicted octanol–water partition coefficient (Wildman–Crippen LogP) is 1.29. The van der Waals surface area contributed by atoms with Gasteiger partial charge in [-0.2, -0.15) is 0 Å². The van der Waals surface area contributed by atoms with Crippen LogP contribution in [0.5, 0.6) is 5.75 Å². The fraction of sp³-hybridized carbons (Fsp3) is 0.364. The summed E-state index contributed by atoms with van der Waals surface area (Å²) in [6.45, 7) is 3.08. The molecule has 1 aliphatic heterocycles.